The van der Waals surface area contributed by atoms with E-state index in [2.05, 4.69) is 5.32 Å². The minimum Gasteiger partial charge on any atom is -0.457 e. The lowest BCUT2D eigenvalue weighted by Crippen LogP contribution is -2.54. The number of hydrogen-bond acceptors (Lipinski definition) is 5. The van der Waals surface area contributed by atoms with Crippen molar-refractivity contribution in [2.75, 3.05) is 6.54 Å². The van der Waals surface area contributed by atoms with E-state index in [0.717, 1.165) is 40.7 Å². The van der Waals surface area contributed by atoms with E-state index < -0.39 is 24.1 Å². The van der Waals surface area contributed by atoms with Crippen molar-refractivity contribution >= 4 is 28.9 Å². The van der Waals surface area contributed by atoms with Gasteiger partial charge in [-0.1, -0.05) is 38.0 Å². The first-order chi connectivity index (χ1) is 13.4. The van der Waals surface area contributed by atoms with Crippen LogP contribution in [0.1, 0.15) is 43.9 Å². The molecule has 1 N–H and O–H groups in total. The smallest absolute Gasteiger partial charge is 0.326 e. The molecule has 1 saturated carbocycles. The number of urea groups is 1. The largest absolute Gasteiger partial charge is 0.457 e. The van der Waals surface area contributed by atoms with Crippen LogP contribution in [-0.2, 0) is 20.9 Å². The lowest BCUT2D eigenvalue weighted by Gasteiger charge is -2.36. The number of para-hydroxylation sites is 1. The molecule has 2 fully saturated rings. The number of rotatable bonds is 4. The number of carbonyl (C=O) groups excluding carboxylic acids is 3. The molecule has 2 atom stereocenters. The Balaban J connectivity index is 1.41. The van der Waals surface area contributed by atoms with Crippen molar-refractivity contribution in [1.82, 2.24) is 10.2 Å². The number of furan rings is 1. The summed E-state index contributed by atoms with van der Waals surface area (Å²) in [6.07, 6.45) is 3.43. The zero-order valence-electron chi connectivity index (χ0n) is 16.1. The van der Waals surface area contributed by atoms with E-state index in [0.29, 0.717) is 12.2 Å². The molecule has 28 heavy (non-hydrogen) atoms. The van der Waals surface area contributed by atoms with Crippen LogP contribution in [-0.4, -0.2) is 34.9 Å². The average Bonchev–Trinajstić information content (AvgIpc) is 3.12. The van der Waals surface area contributed by atoms with E-state index in [1.165, 1.54) is 0 Å². The van der Waals surface area contributed by atoms with Gasteiger partial charge in [-0.15, -0.1) is 0 Å². The number of aryl methyl sites for hydroxylation is 1. The molecule has 7 nitrogen and oxygen atoms in total. The van der Waals surface area contributed by atoms with Crippen LogP contribution in [0.4, 0.5) is 4.79 Å². The number of fused-ring (bicyclic) bond motifs is 1. The number of esters is 1. The summed E-state index contributed by atoms with van der Waals surface area (Å²) in [4.78, 5) is 38.5. The van der Waals surface area contributed by atoms with Crippen molar-refractivity contribution in [3.63, 3.8) is 0 Å². The first-order valence-electron chi connectivity index (χ1n) is 9.69. The van der Waals surface area contributed by atoms with Crippen molar-refractivity contribution < 1.29 is 23.5 Å². The minimum atomic E-state index is -0.870. The SMILES string of the molecule is Cc1c(COC(=O)CN2C(=O)NC3(CCCCC3C)C2=O)oc2ccccc12. The normalized spacial score (nSPS) is 24.8. The van der Waals surface area contributed by atoms with Gasteiger partial charge >= 0.3 is 12.0 Å². The first kappa shape index (κ1) is 18.5. The van der Waals surface area contributed by atoms with Crippen molar-refractivity contribution in [3.05, 3.63) is 35.6 Å². The number of benzene rings is 1. The molecular formula is C21H24N2O5. The predicted molar refractivity (Wildman–Crippen MR) is 101 cm³/mol. The number of amides is 3. The van der Waals surface area contributed by atoms with Crippen LogP contribution in [0.3, 0.4) is 0 Å². The number of carbonyl (C=O) groups is 3. The molecule has 2 unspecified atom stereocenters. The Labute approximate surface area is 163 Å². The average molecular weight is 384 g/mol. The molecule has 1 aromatic heterocycles. The molecule has 1 aromatic carbocycles. The number of hydrogen-bond donors (Lipinski definition) is 1. The fourth-order valence-electron chi connectivity index (χ4n) is 4.32. The third-order valence-electron chi connectivity index (χ3n) is 6.10. The van der Waals surface area contributed by atoms with Crippen molar-refractivity contribution in [2.24, 2.45) is 5.92 Å². The fourth-order valence-corrected chi connectivity index (χ4v) is 4.32. The topological polar surface area (TPSA) is 88.9 Å². The van der Waals surface area contributed by atoms with E-state index >= 15 is 0 Å². The molecule has 148 valence electrons. The maximum Gasteiger partial charge on any atom is 0.326 e. The van der Waals surface area contributed by atoms with Gasteiger partial charge < -0.3 is 14.5 Å². The van der Waals surface area contributed by atoms with E-state index in [9.17, 15) is 14.4 Å². The van der Waals surface area contributed by atoms with E-state index in [1.807, 2.05) is 38.1 Å². The molecule has 1 aliphatic heterocycles. The summed E-state index contributed by atoms with van der Waals surface area (Å²) >= 11 is 0. The molecule has 1 aliphatic carbocycles. The molecule has 0 radical (unpaired) electrons. The van der Waals surface area contributed by atoms with Gasteiger partial charge in [0.05, 0.1) is 0 Å². The van der Waals surface area contributed by atoms with Gasteiger partial charge in [0.25, 0.3) is 5.91 Å². The maximum atomic E-state index is 12.9. The highest BCUT2D eigenvalue weighted by atomic mass is 16.5. The second kappa shape index (κ2) is 6.96. The summed E-state index contributed by atoms with van der Waals surface area (Å²) in [5.74, 6) is -0.341. The molecule has 0 bridgehead atoms. The lowest BCUT2D eigenvalue weighted by molar-refractivity contribution is -0.149. The molecule has 7 heteroatoms. The van der Waals surface area contributed by atoms with Crippen LogP contribution in [0.2, 0.25) is 0 Å². The zero-order chi connectivity index (χ0) is 19.9. The summed E-state index contributed by atoms with van der Waals surface area (Å²) in [5.41, 5.74) is 0.770. The third-order valence-corrected chi connectivity index (χ3v) is 6.10. The summed E-state index contributed by atoms with van der Waals surface area (Å²) < 4.78 is 11.0. The Morgan fingerprint density at radius 2 is 2.11 bits per heavy atom. The highest BCUT2D eigenvalue weighted by Crippen LogP contribution is 2.38. The molecule has 4 rings (SSSR count). The molecule has 1 spiro atoms. The minimum absolute atomic E-state index is 0.0372. The predicted octanol–water partition coefficient (Wildman–Crippen LogP) is 3.29. The number of nitrogens with one attached hydrogen (secondary N) is 1. The molecule has 2 heterocycles. The van der Waals surface area contributed by atoms with Crippen LogP contribution in [0.5, 0.6) is 0 Å². The molecule has 2 aromatic rings. The zero-order valence-corrected chi connectivity index (χ0v) is 16.1. The third kappa shape index (κ3) is 2.95. The van der Waals surface area contributed by atoms with E-state index in [4.69, 9.17) is 9.15 Å². The summed E-state index contributed by atoms with van der Waals surface area (Å²) in [7, 11) is 0. The Kier molecular flexibility index (Phi) is 4.61. The first-order valence-corrected chi connectivity index (χ1v) is 9.69. The Morgan fingerprint density at radius 1 is 1.32 bits per heavy atom. The Bertz CT molecular complexity index is 949. The van der Waals surface area contributed by atoms with Crippen LogP contribution >= 0.6 is 0 Å². The van der Waals surface area contributed by atoms with Gasteiger partial charge in [0.15, 0.2) is 0 Å². The van der Waals surface area contributed by atoms with Gasteiger partial charge in [0.1, 0.15) is 30.0 Å². The summed E-state index contributed by atoms with van der Waals surface area (Å²) in [6.45, 7) is 3.45. The van der Waals surface area contributed by atoms with Gasteiger partial charge in [0, 0.05) is 10.9 Å². The second-order valence-electron chi connectivity index (χ2n) is 7.75. The summed E-state index contributed by atoms with van der Waals surface area (Å²) in [5, 5.41) is 3.80. The van der Waals surface area contributed by atoms with Gasteiger partial charge in [-0.25, -0.2) is 4.79 Å². The van der Waals surface area contributed by atoms with Gasteiger partial charge in [-0.2, -0.15) is 0 Å². The second-order valence-corrected chi connectivity index (χ2v) is 7.75. The van der Waals surface area contributed by atoms with Crippen molar-refractivity contribution in [1.29, 1.82) is 0 Å². The highest BCUT2D eigenvalue weighted by molar-refractivity contribution is 6.09. The number of imide groups is 1. The Morgan fingerprint density at radius 3 is 2.86 bits per heavy atom. The van der Waals surface area contributed by atoms with Crippen LogP contribution in [0.15, 0.2) is 28.7 Å². The van der Waals surface area contributed by atoms with Crippen molar-refractivity contribution in [3.8, 4) is 0 Å². The van der Waals surface area contributed by atoms with Crippen LogP contribution in [0, 0.1) is 12.8 Å². The van der Waals surface area contributed by atoms with Gasteiger partial charge in [-0.05, 0) is 31.7 Å². The molecule has 3 amide bonds. The van der Waals surface area contributed by atoms with Crippen molar-refractivity contribution in [2.45, 2.75) is 51.7 Å². The Hall–Kier alpha value is -2.83. The van der Waals surface area contributed by atoms with E-state index in [-0.39, 0.29) is 18.4 Å². The number of nitrogens with zero attached hydrogens (tertiary/aromatic N) is 1. The van der Waals surface area contributed by atoms with Gasteiger partial charge in [-0.3, -0.25) is 14.5 Å². The standard InChI is InChI=1S/C21H24N2O5/c1-13-7-5-6-10-21(13)19(25)23(20(26)22-21)11-18(24)27-12-17-14(2)15-8-3-4-9-16(15)28-17/h3-4,8-9,13H,5-7,10-12H2,1-2H3,(H,22,26). The number of ether oxygens (including phenoxy) is 1. The quantitative estimate of drug-likeness (QED) is 0.645. The van der Waals surface area contributed by atoms with E-state index in [1.54, 1.807) is 0 Å². The van der Waals surface area contributed by atoms with Gasteiger partial charge in [0.2, 0.25) is 0 Å². The monoisotopic (exact) mass is 384 g/mol. The van der Waals surface area contributed by atoms with Crippen LogP contribution < -0.4 is 5.32 Å². The molecular weight excluding hydrogens is 360 g/mol. The lowest BCUT2D eigenvalue weighted by atomic mass is 9.73. The molecule has 2 aliphatic rings. The summed E-state index contributed by atoms with van der Waals surface area (Å²) in [6, 6.07) is 7.07. The maximum absolute atomic E-state index is 12.9. The highest BCUT2D eigenvalue weighted by Gasteiger charge is 2.55. The fraction of sp³-hybridized carbons (Fsp3) is 0.476. The molecule has 1 saturated heterocycles. The van der Waals surface area contributed by atoms with Crippen LogP contribution in [0.25, 0.3) is 11.0 Å².